The van der Waals surface area contributed by atoms with Crippen LogP contribution in [0.4, 0.5) is 11.5 Å². The van der Waals surface area contributed by atoms with E-state index in [1.807, 2.05) is 51.1 Å². The molecule has 0 spiro atoms. The van der Waals surface area contributed by atoms with Crippen molar-refractivity contribution in [3.63, 3.8) is 0 Å². The van der Waals surface area contributed by atoms with Crippen molar-refractivity contribution >= 4 is 27.4 Å². The smallest absolute Gasteiger partial charge is 0.130 e. The van der Waals surface area contributed by atoms with Gasteiger partial charge in [-0.15, -0.1) is 0 Å². The first-order chi connectivity index (χ1) is 9.04. The highest BCUT2D eigenvalue weighted by Gasteiger charge is 2.01. The third-order valence-corrected chi connectivity index (χ3v) is 3.38. The summed E-state index contributed by atoms with van der Waals surface area (Å²) in [4.78, 5) is 4.32. The Bertz CT molecular complexity index is 553. The van der Waals surface area contributed by atoms with Gasteiger partial charge in [-0.3, -0.25) is 0 Å². The number of nitrogens with one attached hydrogen (secondary N) is 1. The second-order valence-electron chi connectivity index (χ2n) is 4.63. The van der Waals surface area contributed by atoms with Gasteiger partial charge in [-0.2, -0.15) is 0 Å². The minimum atomic E-state index is 0.189. The highest BCUT2D eigenvalue weighted by Crippen LogP contribution is 2.22. The average molecular weight is 321 g/mol. The molecule has 1 aromatic carbocycles. The number of hydrogen-bond acceptors (Lipinski definition) is 3. The zero-order valence-electron chi connectivity index (χ0n) is 11.3. The number of benzene rings is 1. The van der Waals surface area contributed by atoms with Crippen LogP contribution >= 0.6 is 15.9 Å². The summed E-state index contributed by atoms with van der Waals surface area (Å²) in [5.74, 6) is 1.71. The van der Waals surface area contributed by atoms with E-state index in [1.54, 1.807) is 6.20 Å². The number of hydrogen-bond donors (Lipinski definition) is 1. The van der Waals surface area contributed by atoms with Crippen molar-refractivity contribution in [1.82, 2.24) is 4.98 Å². The molecule has 0 radical (unpaired) electrons. The second kappa shape index (κ2) is 6.06. The molecule has 1 N–H and O–H groups in total. The molecule has 0 amide bonds. The van der Waals surface area contributed by atoms with Gasteiger partial charge in [0.2, 0.25) is 0 Å². The van der Waals surface area contributed by atoms with E-state index in [0.717, 1.165) is 27.3 Å². The number of ether oxygens (including phenoxy) is 1. The van der Waals surface area contributed by atoms with E-state index >= 15 is 0 Å². The lowest BCUT2D eigenvalue weighted by molar-refractivity contribution is 0.242. The first-order valence-electron chi connectivity index (χ1n) is 6.20. The molecule has 3 nitrogen and oxygen atoms in total. The molecule has 0 aliphatic carbocycles. The summed E-state index contributed by atoms with van der Waals surface area (Å²) in [5.41, 5.74) is 2.14. The van der Waals surface area contributed by atoms with Gasteiger partial charge in [-0.05, 0) is 72.6 Å². The first kappa shape index (κ1) is 13.9. The Balaban J connectivity index is 2.08. The van der Waals surface area contributed by atoms with E-state index in [0.29, 0.717) is 0 Å². The zero-order chi connectivity index (χ0) is 13.8. The van der Waals surface area contributed by atoms with Crippen molar-refractivity contribution in [3.8, 4) is 5.75 Å². The van der Waals surface area contributed by atoms with E-state index in [4.69, 9.17) is 4.74 Å². The number of aryl methyl sites for hydroxylation is 1. The molecule has 0 fully saturated rings. The Morgan fingerprint density at radius 3 is 2.47 bits per heavy atom. The van der Waals surface area contributed by atoms with Crippen molar-refractivity contribution in [2.45, 2.75) is 26.9 Å². The van der Waals surface area contributed by atoms with Gasteiger partial charge >= 0.3 is 0 Å². The predicted octanol–water partition coefficient (Wildman–Crippen LogP) is 4.68. The van der Waals surface area contributed by atoms with Crippen molar-refractivity contribution in [1.29, 1.82) is 0 Å². The van der Waals surface area contributed by atoms with Gasteiger partial charge in [0, 0.05) is 16.4 Å². The Morgan fingerprint density at radius 1 is 1.21 bits per heavy atom. The molecule has 1 aromatic heterocycles. The van der Waals surface area contributed by atoms with E-state index < -0.39 is 0 Å². The summed E-state index contributed by atoms with van der Waals surface area (Å²) in [7, 11) is 0. The van der Waals surface area contributed by atoms with Crippen LogP contribution in [0.25, 0.3) is 0 Å². The topological polar surface area (TPSA) is 34.1 Å². The summed E-state index contributed by atoms with van der Waals surface area (Å²) in [6, 6.07) is 9.87. The molecule has 19 heavy (non-hydrogen) atoms. The summed E-state index contributed by atoms with van der Waals surface area (Å²) in [6.07, 6.45) is 1.99. The minimum absolute atomic E-state index is 0.189. The van der Waals surface area contributed by atoms with Crippen LogP contribution in [0.15, 0.2) is 41.0 Å². The van der Waals surface area contributed by atoms with Gasteiger partial charge in [0.15, 0.2) is 0 Å². The zero-order valence-corrected chi connectivity index (χ0v) is 12.9. The summed E-state index contributed by atoms with van der Waals surface area (Å²) in [5, 5.41) is 3.26. The first-order valence-corrected chi connectivity index (χ1v) is 7.00. The Hall–Kier alpha value is -1.55. The SMILES string of the molecule is Cc1cc(Nc2ccc(OC(C)C)cc2)ncc1Br. The standard InChI is InChI=1S/C15H17BrN2O/c1-10(2)19-13-6-4-12(5-7-13)18-15-8-11(3)14(16)9-17-15/h4-10H,1-3H3,(H,17,18). The van der Waals surface area contributed by atoms with Crippen molar-refractivity contribution in [3.05, 3.63) is 46.6 Å². The Morgan fingerprint density at radius 2 is 1.89 bits per heavy atom. The van der Waals surface area contributed by atoms with Crippen LogP contribution in [0.5, 0.6) is 5.75 Å². The lowest BCUT2D eigenvalue weighted by atomic mass is 10.2. The van der Waals surface area contributed by atoms with Gasteiger partial charge in [-0.25, -0.2) is 4.98 Å². The molecule has 0 saturated carbocycles. The van der Waals surface area contributed by atoms with E-state index in [1.165, 1.54) is 0 Å². The molecular formula is C15H17BrN2O. The second-order valence-corrected chi connectivity index (χ2v) is 5.49. The van der Waals surface area contributed by atoms with Gasteiger partial charge in [0.25, 0.3) is 0 Å². The number of nitrogens with zero attached hydrogens (tertiary/aromatic N) is 1. The summed E-state index contributed by atoms with van der Waals surface area (Å²) in [6.45, 7) is 6.07. The van der Waals surface area contributed by atoms with Crippen LogP contribution in [0.1, 0.15) is 19.4 Å². The summed E-state index contributed by atoms with van der Waals surface area (Å²) >= 11 is 3.44. The maximum absolute atomic E-state index is 5.60. The largest absolute Gasteiger partial charge is 0.491 e. The third kappa shape index (κ3) is 3.96. The third-order valence-electron chi connectivity index (χ3n) is 2.55. The van der Waals surface area contributed by atoms with Crippen LogP contribution in [-0.2, 0) is 0 Å². The van der Waals surface area contributed by atoms with Gasteiger partial charge in [-0.1, -0.05) is 0 Å². The van der Waals surface area contributed by atoms with Crippen LogP contribution in [0.3, 0.4) is 0 Å². The normalized spacial score (nSPS) is 10.6. The monoisotopic (exact) mass is 320 g/mol. The highest BCUT2D eigenvalue weighted by atomic mass is 79.9. The minimum Gasteiger partial charge on any atom is -0.491 e. The number of pyridine rings is 1. The quantitative estimate of drug-likeness (QED) is 0.887. The molecule has 0 atom stereocenters. The van der Waals surface area contributed by atoms with E-state index in [2.05, 4.69) is 26.2 Å². The molecule has 0 unspecified atom stereocenters. The molecule has 0 aliphatic heterocycles. The maximum atomic E-state index is 5.60. The molecular weight excluding hydrogens is 304 g/mol. The van der Waals surface area contributed by atoms with Gasteiger partial charge in [0.05, 0.1) is 6.10 Å². The molecule has 1 heterocycles. The van der Waals surface area contributed by atoms with E-state index in [9.17, 15) is 0 Å². The van der Waals surface area contributed by atoms with Crippen LogP contribution < -0.4 is 10.1 Å². The molecule has 0 bridgehead atoms. The number of aromatic nitrogens is 1. The summed E-state index contributed by atoms with van der Waals surface area (Å²) < 4.78 is 6.62. The van der Waals surface area contributed by atoms with Crippen LogP contribution in [0, 0.1) is 6.92 Å². The molecule has 2 rings (SSSR count). The molecule has 0 saturated heterocycles. The molecule has 4 heteroatoms. The lowest BCUT2D eigenvalue weighted by Gasteiger charge is -2.11. The van der Waals surface area contributed by atoms with Crippen LogP contribution in [-0.4, -0.2) is 11.1 Å². The van der Waals surface area contributed by atoms with E-state index in [-0.39, 0.29) is 6.10 Å². The number of rotatable bonds is 4. The molecule has 2 aromatic rings. The number of anilines is 2. The van der Waals surface area contributed by atoms with Crippen LogP contribution in [0.2, 0.25) is 0 Å². The Labute approximate surface area is 122 Å². The number of halogens is 1. The predicted molar refractivity (Wildman–Crippen MR) is 82.2 cm³/mol. The fourth-order valence-electron chi connectivity index (χ4n) is 1.64. The fourth-order valence-corrected chi connectivity index (χ4v) is 1.86. The van der Waals surface area contributed by atoms with Gasteiger partial charge < -0.3 is 10.1 Å². The van der Waals surface area contributed by atoms with Crippen molar-refractivity contribution < 1.29 is 4.74 Å². The fraction of sp³-hybridized carbons (Fsp3) is 0.267. The average Bonchev–Trinajstić information content (AvgIpc) is 2.36. The van der Waals surface area contributed by atoms with Crippen molar-refractivity contribution in [2.24, 2.45) is 0 Å². The highest BCUT2D eigenvalue weighted by molar-refractivity contribution is 9.10. The molecule has 100 valence electrons. The molecule has 0 aliphatic rings. The maximum Gasteiger partial charge on any atom is 0.130 e. The van der Waals surface area contributed by atoms with Gasteiger partial charge in [0.1, 0.15) is 11.6 Å². The Kier molecular flexibility index (Phi) is 4.43. The van der Waals surface area contributed by atoms with Crippen molar-refractivity contribution in [2.75, 3.05) is 5.32 Å². The lowest BCUT2D eigenvalue weighted by Crippen LogP contribution is -2.05.